The number of ether oxygens (including phenoxy) is 3. The molecule has 0 aromatic rings. The number of hydrogen-bond acceptors (Lipinski definition) is 11. The Morgan fingerprint density at radius 3 is 1.94 bits per heavy atom. The highest BCUT2D eigenvalue weighted by molar-refractivity contribution is 5.15. The number of aliphatic hydroxyl groups is 7. The van der Waals surface area contributed by atoms with Crippen molar-refractivity contribution in [2.75, 3.05) is 13.2 Å². The van der Waals surface area contributed by atoms with E-state index >= 15 is 0 Å². The van der Waals surface area contributed by atoms with E-state index < -0.39 is 74.6 Å². The lowest BCUT2D eigenvalue weighted by Gasteiger charge is -2.66. The van der Waals surface area contributed by atoms with E-state index in [2.05, 4.69) is 19.2 Å². The highest BCUT2D eigenvalue weighted by Gasteiger charge is 2.61. The van der Waals surface area contributed by atoms with Crippen LogP contribution in [0.3, 0.4) is 0 Å². The molecular weight excluding hydrogens is 462 g/mol. The number of nitrogens with one attached hydrogen (secondary N) is 1. The van der Waals surface area contributed by atoms with Crippen LogP contribution < -0.4 is 5.32 Å². The van der Waals surface area contributed by atoms with E-state index in [1.807, 2.05) is 0 Å². The van der Waals surface area contributed by atoms with Crippen LogP contribution in [-0.4, -0.2) is 116 Å². The summed E-state index contributed by atoms with van der Waals surface area (Å²) in [6.45, 7) is 3.50. The molecule has 12 atom stereocenters. The van der Waals surface area contributed by atoms with E-state index in [1.54, 1.807) is 0 Å². The predicted octanol–water partition coefficient (Wildman–Crippen LogP) is -2.05. The van der Waals surface area contributed by atoms with Gasteiger partial charge in [0.2, 0.25) is 0 Å². The van der Waals surface area contributed by atoms with Crippen LogP contribution in [0.1, 0.15) is 52.4 Å². The van der Waals surface area contributed by atoms with Crippen LogP contribution in [0.4, 0.5) is 0 Å². The molecular formula is C24H41NO10. The Hall–Kier alpha value is -0.440. The van der Waals surface area contributed by atoms with Crippen LogP contribution in [0.25, 0.3) is 0 Å². The van der Waals surface area contributed by atoms with E-state index in [1.165, 1.54) is 19.3 Å². The molecule has 8 N–H and O–H groups in total. The third kappa shape index (κ3) is 4.57. The van der Waals surface area contributed by atoms with Gasteiger partial charge in [-0.25, -0.2) is 0 Å². The van der Waals surface area contributed by atoms with Crippen molar-refractivity contribution in [3.8, 4) is 0 Å². The molecule has 11 heteroatoms. The topological polar surface area (TPSA) is 181 Å². The van der Waals surface area contributed by atoms with Gasteiger partial charge in [0.25, 0.3) is 0 Å². The smallest absolute Gasteiger partial charge is 0.187 e. The van der Waals surface area contributed by atoms with Gasteiger partial charge in [-0.05, 0) is 55.3 Å². The fourth-order valence-electron chi connectivity index (χ4n) is 8.62. The van der Waals surface area contributed by atoms with Gasteiger partial charge in [0, 0.05) is 5.54 Å². The molecule has 0 amide bonds. The normalized spacial score (nSPS) is 58.0. The molecule has 0 aromatic carbocycles. The standard InChI is InChI=1S/C24H41NO10/c1-22-3-11-4-23(2,8-22)10-24(5-11,9-22)25-20-17(31)16(30)19(13(7-27)33-20)35-21-18(32)15(29)14(28)12(6-26)34-21/h11-21,25-32H,3-10H2,1-2H3/t11?,12?,13?,14-,15-,16+,17?,18?,19-,20+,21-,22?,23?,24?/m0/s1. The van der Waals surface area contributed by atoms with Crippen molar-refractivity contribution in [1.82, 2.24) is 5.32 Å². The van der Waals surface area contributed by atoms with Gasteiger partial charge >= 0.3 is 0 Å². The average Bonchev–Trinajstić information content (AvgIpc) is 2.76. The summed E-state index contributed by atoms with van der Waals surface area (Å²) in [7, 11) is 0. The van der Waals surface area contributed by atoms with Gasteiger partial charge in [-0.3, -0.25) is 5.32 Å². The van der Waals surface area contributed by atoms with Gasteiger partial charge in [0.05, 0.1) is 13.2 Å². The Balaban J connectivity index is 1.30. The van der Waals surface area contributed by atoms with Crippen molar-refractivity contribution >= 4 is 0 Å². The maximum Gasteiger partial charge on any atom is 0.187 e. The summed E-state index contributed by atoms with van der Waals surface area (Å²) in [5, 5.41) is 75.3. The van der Waals surface area contributed by atoms with Gasteiger partial charge in [0.15, 0.2) is 6.29 Å². The molecule has 2 saturated heterocycles. The fourth-order valence-corrected chi connectivity index (χ4v) is 8.62. The summed E-state index contributed by atoms with van der Waals surface area (Å²) in [6.07, 6.45) is -7.26. The molecule has 6 fully saturated rings. The van der Waals surface area contributed by atoms with Crippen molar-refractivity contribution in [3.05, 3.63) is 0 Å². The lowest BCUT2D eigenvalue weighted by atomic mass is 9.42. The van der Waals surface area contributed by atoms with E-state index in [9.17, 15) is 35.7 Å². The first-order valence-corrected chi connectivity index (χ1v) is 12.8. The first-order valence-electron chi connectivity index (χ1n) is 12.8. The second-order valence-corrected chi connectivity index (χ2v) is 12.6. The van der Waals surface area contributed by atoms with E-state index in [4.69, 9.17) is 14.2 Å². The Labute approximate surface area is 205 Å². The summed E-state index contributed by atoms with van der Waals surface area (Å²) < 4.78 is 17.1. The minimum Gasteiger partial charge on any atom is -0.394 e. The Morgan fingerprint density at radius 1 is 0.743 bits per heavy atom. The second-order valence-electron chi connectivity index (χ2n) is 12.6. The van der Waals surface area contributed by atoms with Gasteiger partial charge < -0.3 is 50.0 Å². The Morgan fingerprint density at radius 2 is 1.37 bits per heavy atom. The van der Waals surface area contributed by atoms with Gasteiger partial charge in [-0.15, -0.1) is 0 Å². The highest BCUT2D eigenvalue weighted by Crippen LogP contribution is 2.66. The second kappa shape index (κ2) is 9.09. The molecule has 4 aliphatic carbocycles. The van der Waals surface area contributed by atoms with Crippen LogP contribution in [-0.2, 0) is 14.2 Å². The minimum atomic E-state index is -1.68. The minimum absolute atomic E-state index is 0.223. The SMILES string of the molecule is CC12CC3CC(C)(C1)CC(N[C@@H]1OC(CO)[C@H](O[C@@H]4OC(CO)[C@H](O)[C@H](O)C4O)[C@H](O)C1O)(C3)C2. The first-order chi connectivity index (χ1) is 16.4. The van der Waals surface area contributed by atoms with Crippen molar-refractivity contribution < 1.29 is 50.0 Å². The Kier molecular flexibility index (Phi) is 6.80. The molecule has 202 valence electrons. The first kappa shape index (κ1) is 26.2. The molecule has 0 spiro atoms. The van der Waals surface area contributed by atoms with E-state index in [-0.39, 0.29) is 16.4 Å². The zero-order valence-electron chi connectivity index (χ0n) is 20.4. The summed E-state index contributed by atoms with van der Waals surface area (Å²) in [4.78, 5) is 0. The molecule has 0 radical (unpaired) electrons. The molecule has 2 heterocycles. The summed E-state index contributed by atoms with van der Waals surface area (Å²) in [5.41, 5.74) is 0.230. The molecule has 4 saturated carbocycles. The van der Waals surface area contributed by atoms with Crippen molar-refractivity contribution in [2.45, 2.75) is 119 Å². The number of hydrogen-bond donors (Lipinski definition) is 8. The summed E-state index contributed by atoms with van der Waals surface area (Å²) in [6, 6.07) is 0. The van der Waals surface area contributed by atoms with Crippen LogP contribution in [0.2, 0.25) is 0 Å². The van der Waals surface area contributed by atoms with Crippen LogP contribution in [0, 0.1) is 16.7 Å². The molecule has 35 heavy (non-hydrogen) atoms. The maximum atomic E-state index is 11.0. The molecule has 11 nitrogen and oxygen atoms in total. The third-order valence-electron chi connectivity index (χ3n) is 9.08. The zero-order chi connectivity index (χ0) is 25.3. The number of aliphatic hydroxyl groups excluding tert-OH is 7. The Bertz CT molecular complexity index is 763. The number of rotatable bonds is 6. The van der Waals surface area contributed by atoms with Gasteiger partial charge in [-0.1, -0.05) is 13.8 Å². The molecule has 4 bridgehead atoms. The monoisotopic (exact) mass is 503 g/mol. The average molecular weight is 504 g/mol. The van der Waals surface area contributed by atoms with Gasteiger partial charge in [0.1, 0.15) is 55.1 Å². The van der Waals surface area contributed by atoms with Crippen LogP contribution in [0.5, 0.6) is 0 Å². The largest absolute Gasteiger partial charge is 0.394 e. The van der Waals surface area contributed by atoms with Gasteiger partial charge in [-0.2, -0.15) is 0 Å². The van der Waals surface area contributed by atoms with E-state index in [0.717, 1.165) is 19.3 Å². The van der Waals surface area contributed by atoms with Crippen LogP contribution >= 0.6 is 0 Å². The summed E-state index contributed by atoms with van der Waals surface area (Å²) in [5.74, 6) is 0.607. The lowest BCUT2D eigenvalue weighted by molar-refractivity contribution is -0.344. The molecule has 6 aliphatic rings. The fraction of sp³-hybridized carbons (Fsp3) is 1.00. The zero-order valence-corrected chi connectivity index (χ0v) is 20.4. The quantitative estimate of drug-likeness (QED) is 0.200. The molecule has 6 unspecified atom stereocenters. The highest BCUT2D eigenvalue weighted by atomic mass is 16.7. The summed E-state index contributed by atoms with van der Waals surface area (Å²) >= 11 is 0. The molecule has 6 rings (SSSR count). The predicted molar refractivity (Wildman–Crippen MR) is 120 cm³/mol. The lowest BCUT2D eigenvalue weighted by Crippen LogP contribution is -2.71. The molecule has 2 aliphatic heterocycles. The maximum absolute atomic E-state index is 11.0. The third-order valence-corrected chi connectivity index (χ3v) is 9.08. The van der Waals surface area contributed by atoms with Crippen LogP contribution in [0.15, 0.2) is 0 Å². The van der Waals surface area contributed by atoms with Crippen molar-refractivity contribution in [2.24, 2.45) is 16.7 Å². The van der Waals surface area contributed by atoms with Crippen molar-refractivity contribution in [3.63, 3.8) is 0 Å². The van der Waals surface area contributed by atoms with Crippen molar-refractivity contribution in [1.29, 1.82) is 0 Å². The molecule has 0 aromatic heterocycles. The van der Waals surface area contributed by atoms with E-state index in [0.29, 0.717) is 5.92 Å².